The number of carboxylic acids is 1. The number of aliphatic carboxylic acids is 1. The maximum absolute atomic E-state index is 12.9. The zero-order valence-corrected chi connectivity index (χ0v) is 16.2. The number of fused-ring (bicyclic) bond motifs is 1. The summed E-state index contributed by atoms with van der Waals surface area (Å²) in [6.07, 6.45) is 4.23. The Morgan fingerprint density at radius 3 is 2.69 bits per heavy atom. The average Bonchev–Trinajstić information content (AvgIpc) is 3.41. The van der Waals surface area contributed by atoms with E-state index >= 15 is 0 Å². The average molecular weight is 390 g/mol. The zero-order chi connectivity index (χ0) is 20.5. The minimum atomic E-state index is -0.966. The Bertz CT molecular complexity index is 1130. The number of allylic oxidation sites excluding steroid dienone is 1. The summed E-state index contributed by atoms with van der Waals surface area (Å²) < 4.78 is 2.07. The molecule has 1 saturated carbocycles. The number of anilines is 1. The lowest BCUT2D eigenvalue weighted by atomic mass is 10.1. The van der Waals surface area contributed by atoms with Gasteiger partial charge in [-0.1, -0.05) is 24.8 Å². The summed E-state index contributed by atoms with van der Waals surface area (Å²) >= 11 is 0. The molecule has 0 bridgehead atoms. The Kier molecular flexibility index (Phi) is 4.88. The molecule has 0 radical (unpaired) electrons. The van der Waals surface area contributed by atoms with Crippen LogP contribution in [-0.4, -0.2) is 31.5 Å². The number of hydrogen-bond donors (Lipinski definition) is 2. The van der Waals surface area contributed by atoms with Crippen LogP contribution >= 0.6 is 0 Å². The first-order chi connectivity index (χ1) is 13.9. The van der Waals surface area contributed by atoms with E-state index < -0.39 is 11.9 Å². The van der Waals surface area contributed by atoms with Gasteiger partial charge in [-0.25, -0.2) is 9.97 Å². The van der Waals surface area contributed by atoms with Crippen LogP contribution in [-0.2, 0) is 17.8 Å². The van der Waals surface area contributed by atoms with Gasteiger partial charge in [0.05, 0.1) is 12.1 Å². The molecule has 0 spiro atoms. The molecule has 2 aromatic heterocycles. The number of hydrogen-bond acceptors (Lipinski definition) is 4. The molecule has 0 unspecified atom stereocenters. The highest BCUT2D eigenvalue weighted by molar-refractivity contribution is 6.04. The van der Waals surface area contributed by atoms with Crippen molar-refractivity contribution in [3.63, 3.8) is 0 Å². The highest BCUT2D eigenvalue weighted by Crippen LogP contribution is 2.32. The van der Waals surface area contributed by atoms with E-state index in [-0.39, 0.29) is 12.2 Å². The smallest absolute Gasteiger partial charge is 0.307 e. The van der Waals surface area contributed by atoms with Crippen LogP contribution < -0.4 is 5.32 Å². The van der Waals surface area contributed by atoms with E-state index in [2.05, 4.69) is 26.4 Å². The van der Waals surface area contributed by atoms with Crippen LogP contribution in [0.25, 0.3) is 16.6 Å². The van der Waals surface area contributed by atoms with E-state index in [0.29, 0.717) is 28.5 Å². The molecular formula is C22H22N4O3. The van der Waals surface area contributed by atoms with Crippen molar-refractivity contribution in [2.24, 2.45) is 5.92 Å². The zero-order valence-electron chi connectivity index (χ0n) is 16.2. The van der Waals surface area contributed by atoms with Crippen LogP contribution in [0, 0.1) is 5.92 Å². The number of amides is 1. The molecule has 1 aromatic carbocycles. The second-order valence-corrected chi connectivity index (χ2v) is 7.51. The van der Waals surface area contributed by atoms with Gasteiger partial charge in [-0.15, -0.1) is 0 Å². The van der Waals surface area contributed by atoms with Crippen LogP contribution in [0.15, 0.2) is 43.1 Å². The Morgan fingerprint density at radius 2 is 2.00 bits per heavy atom. The molecule has 148 valence electrons. The Balaban J connectivity index is 1.70. The summed E-state index contributed by atoms with van der Waals surface area (Å²) in [5.41, 5.74) is 3.07. The second kappa shape index (κ2) is 7.50. The first-order valence-corrected chi connectivity index (χ1v) is 9.56. The van der Waals surface area contributed by atoms with E-state index in [0.717, 1.165) is 17.5 Å². The normalized spacial score (nSPS) is 13.4. The fourth-order valence-electron chi connectivity index (χ4n) is 3.36. The number of nitrogens with zero attached hydrogens (tertiary/aromatic N) is 3. The van der Waals surface area contributed by atoms with Gasteiger partial charge in [-0.3, -0.25) is 9.59 Å². The third-order valence-corrected chi connectivity index (χ3v) is 4.99. The van der Waals surface area contributed by atoms with Crippen molar-refractivity contribution in [3.8, 4) is 0 Å². The van der Waals surface area contributed by atoms with E-state index in [1.54, 1.807) is 24.3 Å². The van der Waals surface area contributed by atoms with Crippen molar-refractivity contribution in [1.82, 2.24) is 14.5 Å². The van der Waals surface area contributed by atoms with Crippen LogP contribution in [0.4, 0.5) is 5.69 Å². The van der Waals surface area contributed by atoms with Gasteiger partial charge in [0.25, 0.3) is 5.91 Å². The fraction of sp³-hybridized carbons (Fsp3) is 0.273. The SMILES string of the molecule is C=C(C)c1nc(C(=O)Nc2ccccc2CC(=O)O)nc2c1ccn2CC1CC1. The first-order valence-electron chi connectivity index (χ1n) is 9.56. The number of carboxylic acid groups (broad SMARTS) is 1. The summed E-state index contributed by atoms with van der Waals surface area (Å²) in [6.45, 7) is 6.72. The number of para-hydroxylation sites is 1. The summed E-state index contributed by atoms with van der Waals surface area (Å²) in [5.74, 6) is -0.747. The molecule has 1 aliphatic carbocycles. The molecule has 1 aliphatic rings. The molecule has 0 aliphatic heterocycles. The van der Waals surface area contributed by atoms with Crippen molar-refractivity contribution in [3.05, 3.63) is 60.2 Å². The van der Waals surface area contributed by atoms with Gasteiger partial charge in [0, 0.05) is 23.8 Å². The van der Waals surface area contributed by atoms with Gasteiger partial charge in [0.2, 0.25) is 5.82 Å². The number of rotatable bonds is 7. The van der Waals surface area contributed by atoms with Crippen LogP contribution in [0.3, 0.4) is 0 Å². The molecular weight excluding hydrogens is 368 g/mol. The summed E-state index contributed by atoms with van der Waals surface area (Å²) in [6, 6.07) is 8.79. The lowest BCUT2D eigenvalue weighted by Gasteiger charge is -2.11. The van der Waals surface area contributed by atoms with Gasteiger partial charge in [0.1, 0.15) is 5.65 Å². The van der Waals surface area contributed by atoms with Crippen molar-refractivity contribution in [1.29, 1.82) is 0 Å². The Labute approximate surface area is 168 Å². The van der Waals surface area contributed by atoms with Crippen LogP contribution in [0.5, 0.6) is 0 Å². The summed E-state index contributed by atoms with van der Waals surface area (Å²) in [7, 11) is 0. The standard InChI is InChI=1S/C22H22N4O3/c1-13(2)19-16-9-10-26(12-14-7-8-14)21(16)25-20(24-19)22(29)23-17-6-4-3-5-15(17)11-18(27)28/h3-6,9-10,14H,1,7-8,11-12H2,2H3,(H,23,29)(H,27,28). The molecule has 1 amide bonds. The Morgan fingerprint density at radius 1 is 1.24 bits per heavy atom. The maximum Gasteiger partial charge on any atom is 0.307 e. The predicted molar refractivity (Wildman–Crippen MR) is 111 cm³/mol. The van der Waals surface area contributed by atoms with Crippen molar-refractivity contribution in [2.75, 3.05) is 5.32 Å². The highest BCUT2D eigenvalue weighted by Gasteiger charge is 2.24. The molecule has 29 heavy (non-hydrogen) atoms. The first kappa shape index (κ1) is 18.9. The van der Waals surface area contributed by atoms with Gasteiger partial charge < -0.3 is 15.0 Å². The molecule has 7 nitrogen and oxygen atoms in total. The molecule has 2 heterocycles. The third kappa shape index (κ3) is 4.03. The number of aromatic nitrogens is 3. The quantitative estimate of drug-likeness (QED) is 0.640. The number of benzene rings is 1. The van der Waals surface area contributed by atoms with E-state index in [9.17, 15) is 9.59 Å². The fourth-order valence-corrected chi connectivity index (χ4v) is 3.36. The maximum atomic E-state index is 12.9. The van der Waals surface area contributed by atoms with E-state index in [1.807, 2.05) is 19.2 Å². The molecule has 3 aromatic rings. The second-order valence-electron chi connectivity index (χ2n) is 7.51. The van der Waals surface area contributed by atoms with Gasteiger partial charge in [0.15, 0.2) is 0 Å². The summed E-state index contributed by atoms with van der Waals surface area (Å²) in [4.78, 5) is 33.0. The largest absolute Gasteiger partial charge is 0.481 e. The van der Waals surface area contributed by atoms with Crippen LogP contribution in [0.1, 0.15) is 41.6 Å². The van der Waals surface area contributed by atoms with E-state index in [1.165, 1.54) is 12.8 Å². The highest BCUT2D eigenvalue weighted by atomic mass is 16.4. The van der Waals surface area contributed by atoms with Gasteiger partial charge in [-0.2, -0.15) is 0 Å². The van der Waals surface area contributed by atoms with Crippen molar-refractivity contribution >= 4 is 34.2 Å². The molecule has 4 rings (SSSR count). The van der Waals surface area contributed by atoms with Gasteiger partial charge in [-0.05, 0) is 49.0 Å². The van der Waals surface area contributed by atoms with Crippen molar-refractivity contribution in [2.45, 2.75) is 32.7 Å². The lowest BCUT2D eigenvalue weighted by molar-refractivity contribution is -0.136. The van der Waals surface area contributed by atoms with Gasteiger partial charge >= 0.3 is 5.97 Å². The molecule has 2 N–H and O–H groups in total. The molecule has 0 saturated heterocycles. The molecule has 0 atom stereocenters. The monoisotopic (exact) mass is 390 g/mol. The number of carbonyl (C=O) groups is 2. The third-order valence-electron chi connectivity index (χ3n) is 4.99. The summed E-state index contributed by atoms with van der Waals surface area (Å²) in [5, 5.41) is 12.7. The molecule has 7 heteroatoms. The minimum absolute atomic E-state index is 0.0383. The van der Waals surface area contributed by atoms with Crippen LogP contribution in [0.2, 0.25) is 0 Å². The predicted octanol–water partition coefficient (Wildman–Crippen LogP) is 3.75. The Hall–Kier alpha value is -3.48. The number of nitrogens with one attached hydrogen (secondary N) is 1. The minimum Gasteiger partial charge on any atom is -0.481 e. The van der Waals surface area contributed by atoms with Crippen molar-refractivity contribution < 1.29 is 14.7 Å². The topological polar surface area (TPSA) is 97.1 Å². The van der Waals surface area contributed by atoms with E-state index in [4.69, 9.17) is 5.11 Å². The molecule has 1 fully saturated rings. The number of carbonyl (C=O) groups excluding carboxylic acids is 1. The lowest BCUT2D eigenvalue weighted by Crippen LogP contribution is -2.18.